The molecule has 136 valence electrons. The Hall–Kier alpha value is -1.97. The Morgan fingerprint density at radius 3 is 2.04 bits per heavy atom. The fourth-order valence-corrected chi connectivity index (χ4v) is 3.94. The third kappa shape index (κ3) is 4.77. The largest absolute Gasteiger partial charge is 0.363 e. The third-order valence-corrected chi connectivity index (χ3v) is 6.77. The van der Waals surface area contributed by atoms with Crippen molar-refractivity contribution in [3.05, 3.63) is 48.2 Å². The van der Waals surface area contributed by atoms with E-state index in [0.29, 0.717) is 0 Å². The molecule has 0 aliphatic heterocycles. The zero-order valence-electron chi connectivity index (χ0n) is 14.3. The topological polar surface area (TPSA) is 96.4 Å². The predicted octanol–water partition coefficient (Wildman–Crippen LogP) is 1.42. The van der Waals surface area contributed by atoms with Crippen LogP contribution in [0.5, 0.6) is 0 Å². The second kappa shape index (κ2) is 7.51. The number of benzene rings is 1. The molecule has 7 nitrogen and oxygen atoms in total. The molecule has 0 unspecified atom stereocenters. The Labute approximate surface area is 148 Å². The van der Waals surface area contributed by atoms with Crippen LogP contribution in [0.25, 0.3) is 0 Å². The molecule has 1 aromatic carbocycles. The van der Waals surface area contributed by atoms with Gasteiger partial charge in [0.1, 0.15) is 5.82 Å². The molecule has 0 amide bonds. The lowest BCUT2D eigenvalue weighted by atomic mass is 10.3. The van der Waals surface area contributed by atoms with Gasteiger partial charge >= 0.3 is 0 Å². The van der Waals surface area contributed by atoms with Crippen LogP contribution in [0, 0.1) is 0 Å². The summed E-state index contributed by atoms with van der Waals surface area (Å²) in [7, 11) is -3.35. The van der Waals surface area contributed by atoms with Gasteiger partial charge in [-0.25, -0.2) is 26.5 Å². The van der Waals surface area contributed by atoms with Crippen molar-refractivity contribution in [2.75, 3.05) is 24.7 Å². The minimum Gasteiger partial charge on any atom is -0.363 e. The van der Waals surface area contributed by atoms with E-state index in [0.717, 1.165) is 11.4 Å². The van der Waals surface area contributed by atoms with E-state index in [2.05, 4.69) is 9.71 Å². The Morgan fingerprint density at radius 1 is 0.960 bits per heavy atom. The first-order chi connectivity index (χ1) is 11.7. The minimum atomic E-state index is -3.74. The molecule has 0 atom stereocenters. The number of sulfone groups is 1. The van der Waals surface area contributed by atoms with Crippen molar-refractivity contribution in [1.29, 1.82) is 0 Å². The molecule has 2 aromatic rings. The number of aromatic nitrogens is 1. The van der Waals surface area contributed by atoms with Crippen molar-refractivity contribution < 1.29 is 16.8 Å². The zero-order chi connectivity index (χ0) is 18.7. The van der Waals surface area contributed by atoms with Crippen LogP contribution in [0.4, 0.5) is 5.82 Å². The SMILES string of the molecule is CCS(=O)(=O)c1ccc(S(=O)(=O)NCc2ccc(N(C)C)nc2)cc1. The number of pyridine rings is 1. The summed E-state index contributed by atoms with van der Waals surface area (Å²) in [5.41, 5.74) is 0.722. The van der Waals surface area contributed by atoms with E-state index in [9.17, 15) is 16.8 Å². The summed E-state index contributed by atoms with van der Waals surface area (Å²) in [6.45, 7) is 1.63. The molecular weight excluding hydrogens is 362 g/mol. The molecule has 0 saturated carbocycles. The Bertz CT molecular complexity index is 920. The molecule has 0 bridgehead atoms. The average Bonchev–Trinajstić information content (AvgIpc) is 2.60. The lowest BCUT2D eigenvalue weighted by Gasteiger charge is -2.12. The highest BCUT2D eigenvalue weighted by Crippen LogP contribution is 2.16. The lowest BCUT2D eigenvalue weighted by molar-refractivity contribution is 0.580. The summed E-state index contributed by atoms with van der Waals surface area (Å²) in [5.74, 6) is 0.743. The Balaban J connectivity index is 2.11. The molecule has 0 fully saturated rings. The van der Waals surface area contributed by atoms with Gasteiger partial charge in [-0.1, -0.05) is 13.0 Å². The van der Waals surface area contributed by atoms with Gasteiger partial charge in [0.05, 0.1) is 15.5 Å². The normalized spacial score (nSPS) is 12.1. The van der Waals surface area contributed by atoms with Crippen LogP contribution < -0.4 is 9.62 Å². The van der Waals surface area contributed by atoms with Gasteiger partial charge in [0.2, 0.25) is 10.0 Å². The average molecular weight is 383 g/mol. The predicted molar refractivity (Wildman–Crippen MR) is 96.8 cm³/mol. The summed E-state index contributed by atoms with van der Waals surface area (Å²) >= 11 is 0. The molecule has 0 aliphatic rings. The summed E-state index contributed by atoms with van der Waals surface area (Å²) < 4.78 is 50.7. The van der Waals surface area contributed by atoms with Crippen molar-refractivity contribution in [3.8, 4) is 0 Å². The van der Waals surface area contributed by atoms with E-state index >= 15 is 0 Å². The second-order valence-corrected chi connectivity index (χ2v) is 9.66. The molecule has 0 radical (unpaired) electrons. The van der Waals surface area contributed by atoms with E-state index in [-0.39, 0.29) is 22.1 Å². The van der Waals surface area contributed by atoms with E-state index < -0.39 is 19.9 Å². The summed E-state index contributed by atoms with van der Waals surface area (Å²) in [5, 5.41) is 0. The van der Waals surface area contributed by atoms with Crippen molar-refractivity contribution in [2.45, 2.75) is 23.3 Å². The van der Waals surface area contributed by atoms with Crippen LogP contribution >= 0.6 is 0 Å². The van der Waals surface area contributed by atoms with Gasteiger partial charge in [0.15, 0.2) is 9.84 Å². The van der Waals surface area contributed by atoms with Crippen LogP contribution in [0.1, 0.15) is 12.5 Å². The molecule has 0 aliphatic carbocycles. The van der Waals surface area contributed by atoms with Gasteiger partial charge in [0.25, 0.3) is 0 Å². The molecule has 25 heavy (non-hydrogen) atoms. The van der Waals surface area contributed by atoms with Crippen LogP contribution in [-0.2, 0) is 26.4 Å². The zero-order valence-corrected chi connectivity index (χ0v) is 15.9. The van der Waals surface area contributed by atoms with Gasteiger partial charge in [-0.3, -0.25) is 0 Å². The first-order valence-corrected chi connectivity index (χ1v) is 10.7. The van der Waals surface area contributed by atoms with Crippen molar-refractivity contribution in [3.63, 3.8) is 0 Å². The third-order valence-electron chi connectivity index (χ3n) is 3.61. The maximum absolute atomic E-state index is 12.3. The summed E-state index contributed by atoms with van der Waals surface area (Å²) in [6.07, 6.45) is 1.61. The minimum absolute atomic E-state index is 0.0143. The molecule has 0 saturated heterocycles. The lowest BCUT2D eigenvalue weighted by Crippen LogP contribution is -2.23. The standard InChI is InChI=1S/C16H21N3O4S2/c1-4-24(20,21)14-6-8-15(9-7-14)25(22,23)18-12-13-5-10-16(17-11-13)19(2)3/h5-11,18H,4,12H2,1-3H3. The summed E-state index contributed by atoms with van der Waals surface area (Å²) in [4.78, 5) is 6.19. The molecule has 1 heterocycles. The van der Waals surface area contributed by atoms with Crippen LogP contribution in [-0.4, -0.2) is 41.7 Å². The maximum Gasteiger partial charge on any atom is 0.240 e. The van der Waals surface area contributed by atoms with Crippen molar-refractivity contribution in [1.82, 2.24) is 9.71 Å². The van der Waals surface area contributed by atoms with Crippen molar-refractivity contribution >= 4 is 25.7 Å². The Kier molecular flexibility index (Phi) is 5.81. The fourth-order valence-electron chi connectivity index (χ4n) is 2.04. The van der Waals surface area contributed by atoms with E-state index in [1.807, 2.05) is 19.0 Å². The first-order valence-electron chi connectivity index (χ1n) is 7.60. The number of hydrogen-bond donors (Lipinski definition) is 1. The van der Waals surface area contributed by atoms with Gasteiger partial charge in [-0.05, 0) is 35.9 Å². The maximum atomic E-state index is 12.3. The molecule has 9 heteroatoms. The Morgan fingerprint density at radius 2 is 1.56 bits per heavy atom. The second-order valence-electron chi connectivity index (χ2n) is 5.62. The van der Waals surface area contributed by atoms with Crippen LogP contribution in [0.3, 0.4) is 0 Å². The number of anilines is 1. The van der Waals surface area contributed by atoms with Gasteiger partial charge in [0, 0.05) is 26.8 Å². The molecular formula is C16H21N3O4S2. The number of nitrogens with zero attached hydrogens (tertiary/aromatic N) is 2. The van der Waals surface area contributed by atoms with Crippen molar-refractivity contribution in [2.24, 2.45) is 0 Å². The van der Waals surface area contributed by atoms with Crippen LogP contribution in [0.2, 0.25) is 0 Å². The summed E-state index contributed by atoms with van der Waals surface area (Å²) in [6, 6.07) is 8.79. The highest BCUT2D eigenvalue weighted by atomic mass is 32.2. The monoisotopic (exact) mass is 383 g/mol. The molecule has 2 rings (SSSR count). The fraction of sp³-hybridized carbons (Fsp3) is 0.312. The van der Waals surface area contributed by atoms with Gasteiger partial charge in [-0.15, -0.1) is 0 Å². The molecule has 1 aromatic heterocycles. The molecule has 1 N–H and O–H groups in total. The van der Waals surface area contributed by atoms with Gasteiger partial charge in [-0.2, -0.15) is 0 Å². The van der Waals surface area contributed by atoms with E-state index in [1.54, 1.807) is 18.3 Å². The number of sulfonamides is 1. The van der Waals surface area contributed by atoms with Gasteiger partial charge < -0.3 is 4.90 Å². The number of hydrogen-bond acceptors (Lipinski definition) is 6. The number of nitrogens with one attached hydrogen (secondary N) is 1. The first kappa shape index (κ1) is 19.4. The smallest absolute Gasteiger partial charge is 0.240 e. The molecule has 0 spiro atoms. The highest BCUT2D eigenvalue weighted by molar-refractivity contribution is 7.91. The van der Waals surface area contributed by atoms with E-state index in [4.69, 9.17) is 0 Å². The highest BCUT2D eigenvalue weighted by Gasteiger charge is 2.16. The quantitative estimate of drug-likeness (QED) is 0.777. The van der Waals surface area contributed by atoms with Crippen LogP contribution in [0.15, 0.2) is 52.4 Å². The number of rotatable bonds is 7. The van der Waals surface area contributed by atoms with E-state index in [1.165, 1.54) is 31.2 Å².